The minimum atomic E-state index is -4.70. The van der Waals surface area contributed by atoms with Crippen molar-refractivity contribution in [3.8, 4) is 16.9 Å². The van der Waals surface area contributed by atoms with Gasteiger partial charge in [0.25, 0.3) is 5.91 Å². The summed E-state index contributed by atoms with van der Waals surface area (Å²) in [6.45, 7) is 7.82. The van der Waals surface area contributed by atoms with Crippen molar-refractivity contribution in [2.24, 2.45) is 29.1 Å². The number of hydroxylamine groups is 2. The second-order valence-corrected chi connectivity index (χ2v) is 13.6. The molecule has 0 spiro atoms. The molecule has 1 aliphatic heterocycles. The summed E-state index contributed by atoms with van der Waals surface area (Å²) in [4.78, 5) is 32.5. The Labute approximate surface area is 267 Å². The van der Waals surface area contributed by atoms with Crippen molar-refractivity contribution >= 4 is 11.8 Å². The zero-order chi connectivity index (χ0) is 33.7. The van der Waals surface area contributed by atoms with Crippen LogP contribution in [0.4, 0.5) is 13.2 Å². The predicted molar refractivity (Wildman–Crippen MR) is 164 cm³/mol. The predicted octanol–water partition coefficient (Wildman–Crippen LogP) is 4.40. The standard InChI is InChI=1S/C34H44F3N3O6/c1-17-25-13-22(33(25,3)4)14-26(17)39-32(44)29-28(18(2)42)27(16-41)46-40(29)15-19-8-7-9-24(30(19)45-6)20-10-21(31(43)38-5)12-23(11-20)34(35,36)37/h7-12,17-18,22,25-29,41-42H,13-16H2,1-6H3,(H,38,43)(H,39,44)/t17-,18-,22+,25-,26-,27-,28-,29-/m0/s1. The molecule has 8 atom stereocenters. The van der Waals surface area contributed by atoms with Crippen LogP contribution in [0.5, 0.6) is 5.75 Å². The lowest BCUT2D eigenvalue weighted by atomic mass is 9.45. The van der Waals surface area contributed by atoms with Gasteiger partial charge in [-0.2, -0.15) is 18.2 Å². The van der Waals surface area contributed by atoms with E-state index in [1.165, 1.54) is 25.3 Å². The van der Waals surface area contributed by atoms with E-state index in [0.717, 1.165) is 25.0 Å². The van der Waals surface area contributed by atoms with E-state index >= 15 is 0 Å². The fourth-order valence-electron chi connectivity index (χ4n) is 8.05. The number of carbonyl (C=O) groups excluding carboxylic acids is 2. The van der Waals surface area contributed by atoms with Gasteiger partial charge in [0.2, 0.25) is 5.91 Å². The number of rotatable bonds is 9. The van der Waals surface area contributed by atoms with Gasteiger partial charge in [-0.05, 0) is 66.7 Å². The molecule has 1 saturated heterocycles. The molecule has 4 fully saturated rings. The minimum Gasteiger partial charge on any atom is -0.496 e. The summed E-state index contributed by atoms with van der Waals surface area (Å²) < 4.78 is 47.3. The third-order valence-electron chi connectivity index (χ3n) is 10.7. The third-order valence-corrected chi connectivity index (χ3v) is 10.7. The lowest BCUT2D eigenvalue weighted by Gasteiger charge is -2.62. The molecule has 46 heavy (non-hydrogen) atoms. The summed E-state index contributed by atoms with van der Waals surface area (Å²) in [5.41, 5.74) is -0.00207. The van der Waals surface area contributed by atoms with Crippen LogP contribution in [0.15, 0.2) is 36.4 Å². The van der Waals surface area contributed by atoms with Crippen LogP contribution in [-0.4, -0.2) is 72.1 Å². The molecule has 2 aromatic carbocycles. The molecule has 9 nitrogen and oxygen atoms in total. The minimum absolute atomic E-state index is 0.0331. The average molecular weight is 648 g/mol. The van der Waals surface area contributed by atoms with E-state index in [1.54, 1.807) is 25.1 Å². The van der Waals surface area contributed by atoms with E-state index in [0.29, 0.717) is 23.0 Å². The Kier molecular flexibility index (Phi) is 9.49. The summed E-state index contributed by atoms with van der Waals surface area (Å²) in [7, 11) is 2.72. The molecule has 0 radical (unpaired) electrons. The van der Waals surface area contributed by atoms with Crippen LogP contribution >= 0.6 is 0 Å². The molecule has 0 unspecified atom stereocenters. The second-order valence-electron chi connectivity index (χ2n) is 13.6. The van der Waals surface area contributed by atoms with Crippen LogP contribution < -0.4 is 15.4 Å². The number of hydrogen-bond acceptors (Lipinski definition) is 7. The van der Waals surface area contributed by atoms with Gasteiger partial charge in [-0.15, -0.1) is 0 Å². The molecular formula is C34H44F3N3O6. The molecule has 12 heteroatoms. The van der Waals surface area contributed by atoms with Crippen molar-refractivity contribution in [2.45, 2.75) is 77.5 Å². The first-order valence-corrected chi connectivity index (χ1v) is 15.8. The lowest BCUT2D eigenvalue weighted by molar-refractivity contribution is -0.183. The molecule has 1 heterocycles. The fourth-order valence-corrected chi connectivity index (χ4v) is 8.05. The first-order valence-electron chi connectivity index (χ1n) is 15.8. The maximum absolute atomic E-state index is 14.0. The van der Waals surface area contributed by atoms with E-state index in [2.05, 4.69) is 31.4 Å². The monoisotopic (exact) mass is 647 g/mol. The van der Waals surface area contributed by atoms with Crippen LogP contribution in [0, 0.1) is 29.1 Å². The average Bonchev–Trinajstić information content (AvgIpc) is 3.39. The van der Waals surface area contributed by atoms with Crippen LogP contribution in [0.3, 0.4) is 0 Å². The SMILES string of the molecule is CNC(=O)c1cc(-c2cccc(CN3O[C@@H](CO)[C@H]([C@H](C)O)[C@H]3C(=O)N[C@H]3C[C@H]4C[C@@H]([C@@H]3C)C4(C)C)c2OC)cc(C(F)(F)F)c1. The highest BCUT2D eigenvalue weighted by Crippen LogP contribution is 2.61. The number of fused-ring (bicyclic) bond motifs is 2. The highest BCUT2D eigenvalue weighted by Gasteiger charge is 2.57. The maximum atomic E-state index is 14.0. The number of benzene rings is 2. The van der Waals surface area contributed by atoms with Gasteiger partial charge in [-0.1, -0.05) is 39.0 Å². The van der Waals surface area contributed by atoms with Crippen molar-refractivity contribution < 1.29 is 42.5 Å². The molecule has 3 aliphatic carbocycles. The Balaban J connectivity index is 1.48. The smallest absolute Gasteiger partial charge is 0.416 e. The number of ether oxygens (including phenoxy) is 1. The molecule has 252 valence electrons. The summed E-state index contributed by atoms with van der Waals surface area (Å²) in [6.07, 6.45) is -4.54. The normalized spacial score (nSPS) is 29.5. The zero-order valence-electron chi connectivity index (χ0n) is 27.0. The first kappa shape index (κ1) is 34.2. The highest BCUT2D eigenvalue weighted by molar-refractivity contribution is 5.96. The van der Waals surface area contributed by atoms with Crippen molar-refractivity contribution in [1.29, 1.82) is 0 Å². The largest absolute Gasteiger partial charge is 0.496 e. The number of halogens is 3. The fraction of sp³-hybridized carbons (Fsp3) is 0.588. The number of hydrogen-bond donors (Lipinski definition) is 4. The van der Waals surface area contributed by atoms with Crippen LogP contribution in [0.25, 0.3) is 11.1 Å². The molecule has 4 aliphatic rings. The molecule has 2 bridgehead atoms. The van der Waals surface area contributed by atoms with Crippen LogP contribution in [0.2, 0.25) is 0 Å². The number of aliphatic hydroxyl groups is 2. The van der Waals surface area contributed by atoms with Crippen LogP contribution in [-0.2, 0) is 22.4 Å². The van der Waals surface area contributed by atoms with E-state index in [9.17, 15) is 33.0 Å². The Morgan fingerprint density at radius 3 is 2.48 bits per heavy atom. The molecule has 4 N–H and O–H groups in total. The van der Waals surface area contributed by atoms with Gasteiger partial charge < -0.3 is 25.6 Å². The summed E-state index contributed by atoms with van der Waals surface area (Å²) >= 11 is 0. The van der Waals surface area contributed by atoms with Gasteiger partial charge in [0.15, 0.2) is 0 Å². The summed E-state index contributed by atoms with van der Waals surface area (Å²) in [5, 5.41) is 28.0. The zero-order valence-corrected chi connectivity index (χ0v) is 27.0. The van der Waals surface area contributed by atoms with Crippen molar-refractivity contribution in [3.63, 3.8) is 0 Å². The third kappa shape index (κ3) is 6.12. The first-order chi connectivity index (χ1) is 21.6. The molecular weight excluding hydrogens is 603 g/mol. The highest BCUT2D eigenvalue weighted by atomic mass is 19.4. The number of methoxy groups -OCH3 is 1. The number of alkyl halides is 3. The number of amides is 2. The maximum Gasteiger partial charge on any atom is 0.416 e. The van der Waals surface area contributed by atoms with Crippen molar-refractivity contribution in [1.82, 2.24) is 15.7 Å². The van der Waals surface area contributed by atoms with Gasteiger partial charge in [-0.25, -0.2) is 0 Å². The second kappa shape index (κ2) is 12.8. The number of para-hydroxylation sites is 1. The van der Waals surface area contributed by atoms with Crippen molar-refractivity contribution in [2.75, 3.05) is 20.8 Å². The van der Waals surface area contributed by atoms with Crippen LogP contribution in [0.1, 0.15) is 62.0 Å². The molecule has 3 saturated carbocycles. The van der Waals surface area contributed by atoms with E-state index < -0.39 is 48.4 Å². The molecule has 6 rings (SSSR count). The summed E-state index contributed by atoms with van der Waals surface area (Å²) in [5.74, 6) is -0.228. The Morgan fingerprint density at radius 2 is 1.91 bits per heavy atom. The molecule has 2 amide bonds. The number of nitrogens with one attached hydrogen (secondary N) is 2. The number of aliphatic hydroxyl groups excluding tert-OH is 2. The quantitative estimate of drug-likeness (QED) is 0.319. The summed E-state index contributed by atoms with van der Waals surface area (Å²) in [6, 6.07) is 7.05. The van der Waals surface area contributed by atoms with Gasteiger partial charge in [-0.3, -0.25) is 14.4 Å². The van der Waals surface area contributed by atoms with Gasteiger partial charge >= 0.3 is 6.18 Å². The Bertz CT molecular complexity index is 1460. The molecule has 2 aromatic rings. The Morgan fingerprint density at radius 1 is 1.20 bits per heavy atom. The Hall–Kier alpha value is -3.19. The van der Waals surface area contributed by atoms with Crippen molar-refractivity contribution in [3.05, 3.63) is 53.1 Å². The topological polar surface area (TPSA) is 120 Å². The van der Waals surface area contributed by atoms with E-state index in [1.807, 2.05) is 0 Å². The van der Waals surface area contributed by atoms with E-state index in [-0.39, 0.29) is 46.7 Å². The van der Waals surface area contributed by atoms with E-state index in [4.69, 9.17) is 9.57 Å². The van der Waals surface area contributed by atoms with Gasteiger partial charge in [0, 0.05) is 35.7 Å². The number of carbonyl (C=O) groups is 2. The lowest BCUT2D eigenvalue weighted by Crippen LogP contribution is -2.62. The van der Waals surface area contributed by atoms with Gasteiger partial charge in [0.1, 0.15) is 17.9 Å². The number of nitrogens with zero attached hydrogens (tertiary/aromatic N) is 1. The van der Waals surface area contributed by atoms with Gasteiger partial charge in [0.05, 0.1) is 31.9 Å². The molecule has 0 aromatic heterocycles.